The van der Waals surface area contributed by atoms with E-state index >= 15 is 0 Å². The second-order valence-corrected chi connectivity index (χ2v) is 15.7. The van der Waals surface area contributed by atoms with Gasteiger partial charge in [-0.15, -0.1) is 11.3 Å². The summed E-state index contributed by atoms with van der Waals surface area (Å²) in [6.07, 6.45) is -0.239. The Bertz CT molecular complexity index is 3390. The summed E-state index contributed by atoms with van der Waals surface area (Å²) in [7, 11) is 0. The second-order valence-electron chi connectivity index (χ2n) is 14.6. The van der Waals surface area contributed by atoms with Crippen molar-refractivity contribution in [1.29, 1.82) is 0 Å². The fourth-order valence-electron chi connectivity index (χ4n) is 8.61. The molecule has 0 saturated heterocycles. The largest absolute Gasteiger partial charge is 0.456 e. The summed E-state index contributed by atoms with van der Waals surface area (Å²) in [6.45, 7) is 0. The number of fused-ring (bicyclic) bond motifs is 9. The highest BCUT2D eigenvalue weighted by Gasteiger charge is 2.22. The molecule has 12 rings (SSSR count). The van der Waals surface area contributed by atoms with Gasteiger partial charge in [0.25, 0.3) is 0 Å². The van der Waals surface area contributed by atoms with Crippen LogP contribution in [0.1, 0.15) is 22.9 Å². The minimum atomic E-state index is -0.239. The molecule has 11 aromatic rings. The molecule has 6 heteroatoms. The third kappa shape index (κ3) is 5.15. The molecule has 0 saturated carbocycles. The van der Waals surface area contributed by atoms with Crippen molar-refractivity contribution in [3.8, 4) is 16.8 Å². The molecule has 8 aromatic carbocycles. The maximum atomic E-state index is 6.62. The molecular weight excluding hydrogens is 717 g/mol. The van der Waals surface area contributed by atoms with Gasteiger partial charge in [0.1, 0.15) is 23.2 Å². The van der Waals surface area contributed by atoms with Gasteiger partial charge in [-0.1, -0.05) is 133 Å². The third-order valence-electron chi connectivity index (χ3n) is 11.3. The van der Waals surface area contributed by atoms with E-state index in [1.807, 2.05) is 35.6 Å². The number of hydrogen-bond donors (Lipinski definition) is 1. The Morgan fingerprint density at radius 1 is 0.509 bits per heavy atom. The maximum absolute atomic E-state index is 6.62. The predicted octanol–water partition coefficient (Wildman–Crippen LogP) is 13.2. The number of aliphatic imine (C=N–C) groups is 2. The van der Waals surface area contributed by atoms with Crippen LogP contribution in [-0.2, 0) is 0 Å². The molecule has 4 heterocycles. The number of furan rings is 1. The molecule has 1 aliphatic heterocycles. The van der Waals surface area contributed by atoms with E-state index in [0.29, 0.717) is 0 Å². The van der Waals surface area contributed by atoms with E-state index in [2.05, 4.69) is 168 Å². The molecule has 0 bridgehead atoms. The molecule has 1 unspecified atom stereocenters. The van der Waals surface area contributed by atoms with Crippen molar-refractivity contribution in [1.82, 2.24) is 9.88 Å². The molecule has 0 spiro atoms. The van der Waals surface area contributed by atoms with Gasteiger partial charge >= 0.3 is 0 Å². The number of nitrogens with zero attached hydrogens (tertiary/aromatic N) is 3. The van der Waals surface area contributed by atoms with Crippen LogP contribution in [0.25, 0.3) is 80.7 Å². The van der Waals surface area contributed by atoms with E-state index < -0.39 is 0 Å². The maximum Gasteiger partial charge on any atom is 0.159 e. The van der Waals surface area contributed by atoms with Gasteiger partial charge in [0.15, 0.2) is 5.84 Å². The smallest absolute Gasteiger partial charge is 0.159 e. The van der Waals surface area contributed by atoms with E-state index in [9.17, 15) is 0 Å². The summed E-state index contributed by atoms with van der Waals surface area (Å²) < 4.78 is 11.4. The fourth-order valence-corrected chi connectivity index (χ4v) is 9.79. The van der Waals surface area contributed by atoms with Gasteiger partial charge in [-0.05, 0) is 59.2 Å². The molecule has 1 N–H and O–H groups in total. The first-order valence-electron chi connectivity index (χ1n) is 19.2. The van der Waals surface area contributed by atoms with Gasteiger partial charge in [-0.3, -0.25) is 0 Å². The van der Waals surface area contributed by atoms with Crippen LogP contribution in [-0.4, -0.2) is 16.2 Å². The first-order valence-corrected chi connectivity index (χ1v) is 20.0. The van der Waals surface area contributed by atoms with E-state index in [1.165, 1.54) is 47.5 Å². The molecule has 5 nitrogen and oxygen atoms in total. The third-order valence-corrected chi connectivity index (χ3v) is 12.4. The summed E-state index contributed by atoms with van der Waals surface area (Å²) in [5, 5.41) is 10.8. The van der Waals surface area contributed by atoms with Gasteiger partial charge in [-0.25, -0.2) is 9.98 Å². The Morgan fingerprint density at radius 2 is 1.16 bits per heavy atom. The van der Waals surface area contributed by atoms with Crippen molar-refractivity contribution >= 4 is 86.9 Å². The van der Waals surface area contributed by atoms with Crippen molar-refractivity contribution in [2.24, 2.45) is 9.98 Å². The zero-order valence-electron chi connectivity index (χ0n) is 30.6. The Labute approximate surface area is 331 Å². The monoisotopic (exact) mass is 748 g/mol. The summed E-state index contributed by atoms with van der Waals surface area (Å²) in [4.78, 5) is 10.2. The average molecular weight is 749 g/mol. The quantitative estimate of drug-likeness (QED) is 0.191. The Balaban J connectivity index is 0.945. The number of para-hydroxylation sites is 2. The molecule has 0 fully saturated rings. The molecule has 3 aromatic heterocycles. The molecule has 1 aliphatic rings. The molecule has 0 radical (unpaired) electrons. The SMILES string of the molecule is c1ccc(C2=NC(c3ccc4c(c3)sc3cc(-c5cccc6oc7cc(-n8c9ccccc9c9ccccc98)ccc7c56)ccc34)=NC(c3ccccc3)N2)cc1. The van der Waals surface area contributed by atoms with Crippen molar-refractivity contribution < 1.29 is 4.42 Å². The van der Waals surface area contributed by atoms with Gasteiger partial charge in [0, 0.05) is 64.6 Å². The molecule has 1 atom stereocenters. The highest BCUT2D eigenvalue weighted by Crippen LogP contribution is 2.42. The van der Waals surface area contributed by atoms with Gasteiger partial charge < -0.3 is 14.3 Å². The number of aromatic nitrogens is 1. The lowest BCUT2D eigenvalue weighted by Gasteiger charge is -2.23. The first-order chi connectivity index (χ1) is 28.2. The lowest BCUT2D eigenvalue weighted by molar-refractivity contribution is 0.668. The number of benzene rings is 8. The Hall–Kier alpha value is -7.28. The lowest BCUT2D eigenvalue weighted by Crippen LogP contribution is -2.33. The van der Waals surface area contributed by atoms with Crippen molar-refractivity contribution in [3.63, 3.8) is 0 Å². The molecule has 0 aliphatic carbocycles. The van der Waals surface area contributed by atoms with Crippen LogP contribution in [0.15, 0.2) is 196 Å². The summed E-state index contributed by atoms with van der Waals surface area (Å²) in [5.74, 6) is 1.54. The number of thiophene rings is 1. The molecule has 57 heavy (non-hydrogen) atoms. The van der Waals surface area contributed by atoms with E-state index in [1.54, 1.807) is 0 Å². The number of rotatable bonds is 5. The van der Waals surface area contributed by atoms with Crippen LogP contribution in [0, 0.1) is 0 Å². The van der Waals surface area contributed by atoms with Crippen LogP contribution in [0.3, 0.4) is 0 Å². The van der Waals surface area contributed by atoms with Crippen LogP contribution in [0.4, 0.5) is 0 Å². The fraction of sp³-hybridized carbons (Fsp3) is 0.0196. The number of amidine groups is 2. The standard InChI is InChI=1S/C51H32N4OS/c1-3-12-31(13-4-1)49-52-50(32-14-5-2-6-15-32)54-51(53-49)34-23-26-40-39-25-22-33(28-46(39)57-47(40)29-34)36-18-11-21-44-48(36)41-27-24-35(30-45(41)56-44)55-42-19-9-7-16-37(42)38-17-8-10-20-43(38)55/h1-30,49H,(H,52,53,54). The zero-order valence-corrected chi connectivity index (χ0v) is 31.4. The highest BCUT2D eigenvalue weighted by molar-refractivity contribution is 7.25. The average Bonchev–Trinajstić information content (AvgIpc) is 3.95. The molecule has 0 amide bonds. The van der Waals surface area contributed by atoms with E-state index in [0.717, 1.165) is 61.6 Å². The van der Waals surface area contributed by atoms with Crippen molar-refractivity contribution in [2.45, 2.75) is 6.17 Å². The zero-order chi connectivity index (χ0) is 37.5. The summed E-state index contributed by atoms with van der Waals surface area (Å²) in [6, 6.07) is 64.4. The topological polar surface area (TPSA) is 54.8 Å². The van der Waals surface area contributed by atoms with Crippen LogP contribution in [0.2, 0.25) is 0 Å². The summed E-state index contributed by atoms with van der Waals surface area (Å²) >= 11 is 1.81. The van der Waals surface area contributed by atoms with Gasteiger partial charge in [0.2, 0.25) is 0 Å². The Kier molecular flexibility index (Phi) is 7.09. The lowest BCUT2D eigenvalue weighted by atomic mass is 9.98. The Morgan fingerprint density at radius 3 is 1.91 bits per heavy atom. The van der Waals surface area contributed by atoms with Gasteiger partial charge in [0.05, 0.1) is 11.0 Å². The molecule has 268 valence electrons. The van der Waals surface area contributed by atoms with E-state index in [-0.39, 0.29) is 6.17 Å². The first kappa shape index (κ1) is 32.0. The van der Waals surface area contributed by atoms with Crippen LogP contribution >= 0.6 is 11.3 Å². The van der Waals surface area contributed by atoms with E-state index in [4.69, 9.17) is 14.4 Å². The normalized spacial score (nSPS) is 14.5. The minimum Gasteiger partial charge on any atom is -0.456 e. The van der Waals surface area contributed by atoms with Gasteiger partial charge in [-0.2, -0.15) is 0 Å². The second kappa shape index (κ2) is 12.6. The van der Waals surface area contributed by atoms with Crippen LogP contribution in [0.5, 0.6) is 0 Å². The predicted molar refractivity (Wildman–Crippen MR) is 238 cm³/mol. The van der Waals surface area contributed by atoms with Crippen LogP contribution < -0.4 is 5.32 Å². The van der Waals surface area contributed by atoms with Crippen molar-refractivity contribution in [2.75, 3.05) is 0 Å². The minimum absolute atomic E-state index is 0.239. The highest BCUT2D eigenvalue weighted by atomic mass is 32.1. The number of nitrogens with one attached hydrogen (secondary N) is 1. The molecular formula is C51H32N4OS. The van der Waals surface area contributed by atoms with Crippen molar-refractivity contribution in [3.05, 3.63) is 199 Å². The number of hydrogen-bond acceptors (Lipinski definition) is 5. The summed E-state index contributed by atoms with van der Waals surface area (Å²) in [5.41, 5.74) is 10.7.